The highest BCUT2D eigenvalue weighted by atomic mass is 16.4. The van der Waals surface area contributed by atoms with E-state index in [-0.39, 0.29) is 62.8 Å². The van der Waals surface area contributed by atoms with Gasteiger partial charge in [0.1, 0.15) is 60.1 Å². The van der Waals surface area contributed by atoms with Gasteiger partial charge in [-0.15, -0.1) is 0 Å². The fourth-order valence-electron chi connectivity index (χ4n) is 8.45. The van der Waals surface area contributed by atoms with Crippen LogP contribution in [0.3, 0.4) is 0 Å². The number of unbranched alkanes of at least 4 members (excludes halogenated alkanes) is 1. The second-order valence-electron chi connectivity index (χ2n) is 19.2. The molecule has 2 heterocycles. The van der Waals surface area contributed by atoms with Crippen LogP contribution in [0.1, 0.15) is 104 Å². The maximum Gasteiger partial charge on any atom is 0.325 e. The molecule has 0 aromatic heterocycles. The van der Waals surface area contributed by atoms with Crippen molar-refractivity contribution in [3.05, 3.63) is 29.8 Å². The maximum absolute atomic E-state index is 14.2. The molecule has 3 rings (SSSR count). The Labute approximate surface area is 429 Å². The van der Waals surface area contributed by atoms with Crippen LogP contribution in [0.4, 0.5) is 0 Å². The number of nitrogens with zero attached hydrogens (tertiary/aromatic N) is 2. The van der Waals surface area contributed by atoms with Crippen LogP contribution < -0.4 is 48.7 Å². The Kier molecular flexibility index (Phi) is 24.6. The first-order chi connectivity index (χ1) is 34.9. The number of aliphatic hydroxyl groups excluding tert-OH is 1. The zero-order valence-electron chi connectivity index (χ0n) is 42.6. The van der Waals surface area contributed by atoms with E-state index < -0.39 is 139 Å². The molecule has 1 aromatic rings. The van der Waals surface area contributed by atoms with Crippen LogP contribution in [0.15, 0.2) is 24.3 Å². The summed E-state index contributed by atoms with van der Waals surface area (Å²) in [5, 5.41) is 55.9. The second kappa shape index (κ2) is 29.7. The minimum absolute atomic E-state index is 0.00369. The average molecular weight is 1050 g/mol. The van der Waals surface area contributed by atoms with Crippen molar-refractivity contribution in [1.82, 2.24) is 47.0 Å². The second-order valence-corrected chi connectivity index (χ2v) is 19.2. The first-order valence-electron chi connectivity index (χ1n) is 24.9. The molecular formula is C48H75N11O15. The highest BCUT2D eigenvalue weighted by molar-refractivity contribution is 5.99. The molecule has 0 unspecified atom stereocenters. The summed E-state index contributed by atoms with van der Waals surface area (Å²) < 4.78 is 0. The molecule has 15 N–H and O–H groups in total. The highest BCUT2D eigenvalue weighted by Crippen LogP contribution is 2.26. The Morgan fingerprint density at radius 2 is 1.14 bits per heavy atom. The summed E-state index contributed by atoms with van der Waals surface area (Å²) in [6, 6.07) is -7.16. The van der Waals surface area contributed by atoms with Crippen LogP contribution in [-0.2, 0) is 59.2 Å². The Hall–Kier alpha value is -6.93. The third kappa shape index (κ3) is 18.8. The number of rotatable bonds is 29. The SMILES string of the molecule is CC(C)C[C@H](NC(=O)[C@H](CCCCN)NC(=O)[C@H](CCC(=O)O)NC(=O)[C@H](Cc1ccc(O)cc1)NC(=O)[C@H](C)NC(=O)[C@@H]1CCCN1C(=O)[C@@H]1CCCN1C(=O)[C@H](C)N)C(=O)N[C@@H](CO)C(=O)N[C@@H](C)C(=O)O. The fraction of sp³-hybridized carbons (Fsp3) is 0.646. The van der Waals surface area contributed by atoms with Gasteiger partial charge in [0.25, 0.3) is 0 Å². The van der Waals surface area contributed by atoms with E-state index in [1.807, 2.05) is 0 Å². The molecule has 0 bridgehead atoms. The molecule has 0 aliphatic carbocycles. The number of amides is 9. The Bertz CT molecular complexity index is 2160. The van der Waals surface area contributed by atoms with Gasteiger partial charge < -0.3 is 78.9 Å². The summed E-state index contributed by atoms with van der Waals surface area (Å²) in [6.07, 6.45) is 0.931. The lowest BCUT2D eigenvalue weighted by Crippen LogP contribution is -2.60. The van der Waals surface area contributed by atoms with E-state index in [2.05, 4.69) is 37.2 Å². The molecule has 412 valence electrons. The summed E-state index contributed by atoms with van der Waals surface area (Å²) in [4.78, 5) is 149. The number of carboxylic acid groups (broad SMARTS) is 2. The molecule has 0 saturated carbocycles. The number of carbonyl (C=O) groups excluding carboxylic acids is 9. The van der Waals surface area contributed by atoms with Crippen LogP contribution in [-0.4, -0.2) is 182 Å². The van der Waals surface area contributed by atoms with Gasteiger partial charge in [-0.25, -0.2) is 0 Å². The number of benzene rings is 1. The fourth-order valence-corrected chi connectivity index (χ4v) is 8.45. The third-order valence-electron chi connectivity index (χ3n) is 12.6. The van der Waals surface area contributed by atoms with Gasteiger partial charge in [-0.05, 0) is 109 Å². The molecule has 2 saturated heterocycles. The molecule has 0 spiro atoms. The summed E-state index contributed by atoms with van der Waals surface area (Å²) in [6.45, 7) is 7.37. The zero-order chi connectivity index (χ0) is 55.4. The maximum atomic E-state index is 14.2. The average Bonchev–Trinajstić information content (AvgIpc) is 4.05. The summed E-state index contributed by atoms with van der Waals surface area (Å²) in [7, 11) is 0. The quantitative estimate of drug-likeness (QED) is 0.0352. The number of nitrogens with one attached hydrogen (secondary N) is 7. The van der Waals surface area contributed by atoms with Crippen molar-refractivity contribution in [2.45, 2.75) is 166 Å². The lowest BCUT2D eigenvalue weighted by molar-refractivity contribution is -0.147. The van der Waals surface area contributed by atoms with Gasteiger partial charge in [-0.1, -0.05) is 26.0 Å². The van der Waals surface area contributed by atoms with Crippen LogP contribution in [0.2, 0.25) is 0 Å². The number of aromatic hydroxyl groups is 1. The Balaban J connectivity index is 1.85. The minimum Gasteiger partial charge on any atom is -0.508 e. The number of aliphatic carboxylic acids is 2. The molecule has 9 amide bonds. The van der Waals surface area contributed by atoms with E-state index in [4.69, 9.17) is 11.5 Å². The first kappa shape index (κ1) is 61.4. The molecule has 26 nitrogen and oxygen atoms in total. The van der Waals surface area contributed by atoms with Crippen molar-refractivity contribution in [1.29, 1.82) is 0 Å². The van der Waals surface area contributed by atoms with Gasteiger partial charge in [-0.2, -0.15) is 0 Å². The number of phenolic OH excluding ortho intramolecular Hbond substituents is 1. The van der Waals surface area contributed by atoms with Gasteiger partial charge in [0.05, 0.1) is 12.6 Å². The third-order valence-corrected chi connectivity index (χ3v) is 12.6. The lowest BCUT2D eigenvalue weighted by Gasteiger charge is -2.32. The number of likely N-dealkylation sites (tertiary alicyclic amines) is 2. The summed E-state index contributed by atoms with van der Waals surface area (Å²) >= 11 is 0. The predicted molar refractivity (Wildman–Crippen MR) is 264 cm³/mol. The molecular weight excluding hydrogens is 971 g/mol. The van der Waals surface area contributed by atoms with E-state index in [1.54, 1.807) is 13.8 Å². The van der Waals surface area contributed by atoms with Crippen molar-refractivity contribution in [3.8, 4) is 5.75 Å². The normalized spacial score (nSPS) is 18.6. The standard InChI is InChI=1S/C48H75N11O15/c1-25(2)22-33(42(67)57-35(24-60)44(69)52-28(5)48(73)74)56-40(65)31(10-6-7-19-49)53-41(66)32(17-18-38(62)63)54-43(68)34(23-29-13-15-30(61)16-14-29)55-39(64)27(4)51-45(70)36-11-8-20-58(36)47(72)37-12-9-21-59(37)46(71)26(3)50/h13-16,25-28,31-37,60-61H,6-12,17-24,49-50H2,1-5H3,(H,51,70)(H,52,69)(H,53,66)(H,54,68)(H,55,64)(H,56,65)(H,57,67)(H,62,63)(H,73,74)/t26-,27-,28-,31-,32-,33-,34-,35-,36-,37-/m0/s1. The van der Waals surface area contributed by atoms with Crippen molar-refractivity contribution in [2.75, 3.05) is 26.2 Å². The van der Waals surface area contributed by atoms with Crippen molar-refractivity contribution in [2.24, 2.45) is 17.4 Å². The van der Waals surface area contributed by atoms with Crippen molar-refractivity contribution < 1.29 is 73.2 Å². The van der Waals surface area contributed by atoms with Crippen LogP contribution in [0.5, 0.6) is 5.75 Å². The van der Waals surface area contributed by atoms with Crippen LogP contribution in [0.25, 0.3) is 0 Å². The lowest BCUT2D eigenvalue weighted by atomic mass is 10.0. The van der Waals surface area contributed by atoms with Crippen LogP contribution in [0, 0.1) is 5.92 Å². The van der Waals surface area contributed by atoms with E-state index in [1.165, 1.54) is 54.8 Å². The highest BCUT2D eigenvalue weighted by Gasteiger charge is 2.43. The monoisotopic (exact) mass is 1050 g/mol. The Morgan fingerprint density at radius 1 is 0.622 bits per heavy atom. The topological polar surface area (TPSA) is 411 Å². The van der Waals surface area contributed by atoms with Gasteiger partial charge in [-0.3, -0.25) is 52.7 Å². The minimum atomic E-state index is -1.64. The van der Waals surface area contributed by atoms with E-state index in [0.29, 0.717) is 37.8 Å². The van der Waals surface area contributed by atoms with Gasteiger partial charge >= 0.3 is 11.9 Å². The number of carboxylic acids is 2. The number of phenols is 1. The molecule has 1 aromatic carbocycles. The molecule has 10 atom stereocenters. The molecule has 2 aliphatic rings. The number of aliphatic hydroxyl groups is 1. The summed E-state index contributed by atoms with van der Waals surface area (Å²) in [5.74, 6) is -10.2. The zero-order valence-corrected chi connectivity index (χ0v) is 42.6. The van der Waals surface area contributed by atoms with Gasteiger partial charge in [0.15, 0.2) is 0 Å². The number of hydrogen-bond donors (Lipinski definition) is 13. The van der Waals surface area contributed by atoms with Gasteiger partial charge in [0, 0.05) is 25.9 Å². The predicted octanol–water partition coefficient (Wildman–Crippen LogP) is -3.19. The van der Waals surface area contributed by atoms with E-state index in [9.17, 15) is 73.2 Å². The smallest absolute Gasteiger partial charge is 0.325 e. The first-order valence-corrected chi connectivity index (χ1v) is 24.9. The van der Waals surface area contributed by atoms with Crippen LogP contribution >= 0.6 is 0 Å². The molecule has 74 heavy (non-hydrogen) atoms. The van der Waals surface area contributed by atoms with Gasteiger partial charge in [0.2, 0.25) is 53.2 Å². The Morgan fingerprint density at radius 3 is 1.69 bits per heavy atom. The molecule has 26 heteroatoms. The summed E-state index contributed by atoms with van der Waals surface area (Å²) in [5.41, 5.74) is 11.9. The number of hydrogen-bond acceptors (Lipinski definition) is 15. The number of nitrogens with two attached hydrogens (primary N) is 2. The molecule has 2 fully saturated rings. The van der Waals surface area contributed by atoms with Crippen molar-refractivity contribution >= 4 is 65.1 Å². The molecule has 2 aliphatic heterocycles. The van der Waals surface area contributed by atoms with E-state index in [0.717, 1.165) is 0 Å². The number of carbonyl (C=O) groups is 11. The largest absolute Gasteiger partial charge is 0.508 e. The molecule has 0 radical (unpaired) electrons. The van der Waals surface area contributed by atoms with Crippen molar-refractivity contribution in [3.63, 3.8) is 0 Å². The van der Waals surface area contributed by atoms with E-state index >= 15 is 0 Å².